The van der Waals surface area contributed by atoms with Crippen LogP contribution in [-0.2, 0) is 0 Å². The predicted octanol–water partition coefficient (Wildman–Crippen LogP) is 5.86. The monoisotopic (exact) mass is 399 g/mol. The van der Waals surface area contributed by atoms with Crippen LogP contribution in [0.1, 0.15) is 69.5 Å². The molecule has 1 aliphatic carbocycles. The fourth-order valence-corrected chi connectivity index (χ4v) is 4.44. The number of hydrogen-bond acceptors (Lipinski definition) is 1. The van der Waals surface area contributed by atoms with E-state index in [0.29, 0.717) is 6.04 Å². The zero-order valence-corrected chi connectivity index (χ0v) is 15.9. The summed E-state index contributed by atoms with van der Waals surface area (Å²) in [6.07, 6.45) is 8.21. The van der Waals surface area contributed by atoms with Crippen molar-refractivity contribution in [2.45, 2.75) is 65.3 Å². The maximum atomic E-state index is 3.86. The second kappa shape index (κ2) is 8.52. The van der Waals surface area contributed by atoms with Gasteiger partial charge in [0.1, 0.15) is 0 Å². The van der Waals surface area contributed by atoms with Crippen molar-refractivity contribution in [1.29, 1.82) is 0 Å². The van der Waals surface area contributed by atoms with Gasteiger partial charge in [0.15, 0.2) is 0 Å². The quantitative estimate of drug-likeness (QED) is 0.591. The van der Waals surface area contributed by atoms with Gasteiger partial charge in [0.2, 0.25) is 0 Å². The van der Waals surface area contributed by atoms with Crippen LogP contribution < -0.4 is 5.32 Å². The molecule has 1 aliphatic rings. The Morgan fingerprint density at radius 2 is 2.10 bits per heavy atom. The normalized spacial score (nSPS) is 24.0. The summed E-state index contributed by atoms with van der Waals surface area (Å²) in [6, 6.07) is 7.36. The minimum absolute atomic E-state index is 0.547. The first-order valence-electron chi connectivity index (χ1n) is 8.65. The minimum atomic E-state index is 0.547. The highest BCUT2D eigenvalue weighted by Gasteiger charge is 2.29. The largest absolute Gasteiger partial charge is 0.310 e. The average molecular weight is 399 g/mol. The van der Waals surface area contributed by atoms with E-state index in [9.17, 15) is 0 Å². The Bertz CT molecular complexity index is 443. The SMILES string of the molecule is CCCNC(c1cccc(C)c1I)C1CCCC(CC)C1. The van der Waals surface area contributed by atoms with Gasteiger partial charge >= 0.3 is 0 Å². The summed E-state index contributed by atoms with van der Waals surface area (Å²) in [4.78, 5) is 0. The smallest absolute Gasteiger partial charge is 0.0359 e. The molecule has 3 unspecified atom stereocenters. The van der Waals surface area contributed by atoms with E-state index in [0.717, 1.165) is 18.4 Å². The Morgan fingerprint density at radius 3 is 2.81 bits per heavy atom. The van der Waals surface area contributed by atoms with Gasteiger partial charge in [-0.05, 0) is 78.3 Å². The zero-order valence-electron chi connectivity index (χ0n) is 13.8. The van der Waals surface area contributed by atoms with Crippen molar-refractivity contribution in [2.75, 3.05) is 6.54 Å². The molecular formula is C19H30IN. The van der Waals surface area contributed by atoms with E-state index in [4.69, 9.17) is 0 Å². The molecule has 3 atom stereocenters. The summed E-state index contributed by atoms with van der Waals surface area (Å²) in [5, 5.41) is 3.86. The molecule has 0 heterocycles. The third kappa shape index (κ3) is 4.44. The summed E-state index contributed by atoms with van der Waals surface area (Å²) in [5.74, 6) is 1.75. The fourth-order valence-electron chi connectivity index (χ4n) is 3.75. The molecular weight excluding hydrogens is 369 g/mol. The number of nitrogens with one attached hydrogen (secondary N) is 1. The summed E-state index contributed by atoms with van der Waals surface area (Å²) in [7, 11) is 0. The number of aryl methyl sites for hydroxylation is 1. The van der Waals surface area contributed by atoms with Crippen LogP contribution in [0.3, 0.4) is 0 Å². The van der Waals surface area contributed by atoms with E-state index >= 15 is 0 Å². The third-order valence-corrected chi connectivity index (χ3v) is 6.52. The summed E-state index contributed by atoms with van der Waals surface area (Å²) in [5.41, 5.74) is 2.95. The van der Waals surface area contributed by atoms with E-state index < -0.39 is 0 Å². The molecule has 1 fully saturated rings. The molecule has 0 amide bonds. The van der Waals surface area contributed by atoms with E-state index in [-0.39, 0.29) is 0 Å². The van der Waals surface area contributed by atoms with Crippen molar-refractivity contribution in [1.82, 2.24) is 5.32 Å². The van der Waals surface area contributed by atoms with Crippen LogP contribution in [-0.4, -0.2) is 6.54 Å². The lowest BCUT2D eigenvalue weighted by molar-refractivity contribution is 0.209. The van der Waals surface area contributed by atoms with Crippen molar-refractivity contribution in [3.8, 4) is 0 Å². The molecule has 2 rings (SSSR count). The van der Waals surface area contributed by atoms with Crippen molar-refractivity contribution < 1.29 is 0 Å². The Balaban J connectivity index is 2.23. The molecule has 1 saturated carbocycles. The molecule has 0 radical (unpaired) electrons. The first kappa shape index (κ1) is 17.3. The maximum absolute atomic E-state index is 3.86. The van der Waals surface area contributed by atoms with E-state index in [1.54, 1.807) is 0 Å². The summed E-state index contributed by atoms with van der Waals surface area (Å²) in [6.45, 7) is 7.98. The van der Waals surface area contributed by atoms with Gasteiger partial charge in [-0.15, -0.1) is 0 Å². The molecule has 0 bridgehead atoms. The Morgan fingerprint density at radius 1 is 1.29 bits per heavy atom. The van der Waals surface area contributed by atoms with E-state index in [1.165, 1.54) is 53.2 Å². The Labute approximate surface area is 144 Å². The van der Waals surface area contributed by atoms with Gasteiger partial charge < -0.3 is 5.32 Å². The van der Waals surface area contributed by atoms with Crippen LogP contribution in [0, 0.1) is 22.3 Å². The molecule has 0 aromatic heterocycles. The molecule has 0 saturated heterocycles. The van der Waals surface area contributed by atoms with Crippen LogP contribution in [0.4, 0.5) is 0 Å². The predicted molar refractivity (Wildman–Crippen MR) is 101 cm³/mol. The Hall–Kier alpha value is -0.0900. The van der Waals surface area contributed by atoms with Gasteiger partial charge in [-0.1, -0.05) is 51.3 Å². The molecule has 0 spiro atoms. The molecule has 2 heteroatoms. The average Bonchev–Trinajstić information content (AvgIpc) is 2.52. The topological polar surface area (TPSA) is 12.0 Å². The van der Waals surface area contributed by atoms with Crippen molar-refractivity contribution >= 4 is 22.6 Å². The molecule has 1 aromatic carbocycles. The summed E-state index contributed by atoms with van der Waals surface area (Å²) >= 11 is 2.54. The minimum Gasteiger partial charge on any atom is -0.310 e. The lowest BCUT2D eigenvalue weighted by Crippen LogP contribution is -2.32. The van der Waals surface area contributed by atoms with Crippen LogP contribution >= 0.6 is 22.6 Å². The molecule has 118 valence electrons. The van der Waals surface area contributed by atoms with Gasteiger partial charge in [-0.25, -0.2) is 0 Å². The van der Waals surface area contributed by atoms with Gasteiger partial charge in [0, 0.05) is 9.61 Å². The van der Waals surface area contributed by atoms with Gasteiger partial charge in [-0.3, -0.25) is 0 Å². The first-order chi connectivity index (χ1) is 10.2. The third-order valence-electron chi connectivity index (χ3n) is 5.04. The van der Waals surface area contributed by atoms with Crippen LogP contribution in [0.25, 0.3) is 0 Å². The molecule has 1 N–H and O–H groups in total. The highest BCUT2D eigenvalue weighted by atomic mass is 127. The second-order valence-electron chi connectivity index (χ2n) is 6.61. The maximum Gasteiger partial charge on any atom is 0.0359 e. The number of hydrogen-bond donors (Lipinski definition) is 1. The summed E-state index contributed by atoms with van der Waals surface area (Å²) < 4.78 is 1.46. The molecule has 0 aliphatic heterocycles. The van der Waals surface area contributed by atoms with Gasteiger partial charge in [0.25, 0.3) is 0 Å². The highest BCUT2D eigenvalue weighted by molar-refractivity contribution is 14.1. The van der Waals surface area contributed by atoms with Crippen molar-refractivity contribution in [3.05, 3.63) is 32.9 Å². The van der Waals surface area contributed by atoms with Gasteiger partial charge in [-0.2, -0.15) is 0 Å². The van der Waals surface area contributed by atoms with E-state index in [1.807, 2.05) is 0 Å². The van der Waals surface area contributed by atoms with Crippen LogP contribution in [0.2, 0.25) is 0 Å². The molecule has 1 aromatic rings. The lowest BCUT2D eigenvalue weighted by atomic mass is 9.75. The van der Waals surface area contributed by atoms with Crippen LogP contribution in [0.5, 0.6) is 0 Å². The zero-order chi connectivity index (χ0) is 15.2. The standard InChI is InChI=1S/C19H30IN/c1-4-12-21-19(16-10-7-9-15(5-2)13-16)17-11-6-8-14(3)18(17)20/h6,8,11,15-16,19,21H,4-5,7,9-10,12-13H2,1-3H3. The van der Waals surface area contributed by atoms with Crippen LogP contribution in [0.15, 0.2) is 18.2 Å². The molecule has 21 heavy (non-hydrogen) atoms. The van der Waals surface area contributed by atoms with Gasteiger partial charge in [0.05, 0.1) is 0 Å². The van der Waals surface area contributed by atoms with Crippen molar-refractivity contribution in [3.63, 3.8) is 0 Å². The second-order valence-corrected chi connectivity index (χ2v) is 7.69. The first-order valence-corrected chi connectivity index (χ1v) is 9.73. The lowest BCUT2D eigenvalue weighted by Gasteiger charge is -2.36. The number of halogens is 1. The number of rotatable bonds is 6. The Kier molecular flexibility index (Phi) is 7.00. The van der Waals surface area contributed by atoms with Crippen molar-refractivity contribution in [2.24, 2.45) is 11.8 Å². The fraction of sp³-hybridized carbons (Fsp3) is 0.684. The highest BCUT2D eigenvalue weighted by Crippen LogP contribution is 2.40. The van der Waals surface area contributed by atoms with E-state index in [2.05, 4.69) is 66.9 Å². The molecule has 1 nitrogen and oxygen atoms in total. The number of benzene rings is 1.